The number of hydrogen-bond donors (Lipinski definition) is 1. The minimum Gasteiger partial charge on any atom is -0.355 e. The molecule has 1 fully saturated rings. The molecule has 1 saturated heterocycles. The van der Waals surface area contributed by atoms with Gasteiger partial charge in [-0.25, -0.2) is 16.8 Å². The van der Waals surface area contributed by atoms with Crippen molar-refractivity contribution in [2.45, 2.75) is 38.5 Å². The summed E-state index contributed by atoms with van der Waals surface area (Å²) in [5.74, 6) is -0.517. The third-order valence-electron chi connectivity index (χ3n) is 4.93. The van der Waals surface area contributed by atoms with Crippen LogP contribution in [-0.2, 0) is 24.7 Å². The van der Waals surface area contributed by atoms with Gasteiger partial charge in [0.2, 0.25) is 15.9 Å². The minimum absolute atomic E-state index is 0.0531. The zero-order valence-corrected chi connectivity index (χ0v) is 17.7. The third-order valence-corrected chi connectivity index (χ3v) is 8.69. The molecule has 2 rings (SSSR count). The van der Waals surface area contributed by atoms with E-state index in [0.29, 0.717) is 23.3 Å². The van der Waals surface area contributed by atoms with Crippen molar-refractivity contribution in [1.82, 2.24) is 9.62 Å². The highest BCUT2D eigenvalue weighted by Gasteiger charge is 2.32. The Hall–Kier alpha value is -1.45. The Labute approximate surface area is 162 Å². The Morgan fingerprint density at radius 2 is 1.78 bits per heavy atom. The molecule has 1 heterocycles. The first kappa shape index (κ1) is 21.8. The normalized spacial score (nSPS) is 17.0. The quantitative estimate of drug-likeness (QED) is 0.721. The maximum atomic E-state index is 12.9. The van der Waals surface area contributed by atoms with Crippen LogP contribution >= 0.6 is 0 Å². The van der Waals surface area contributed by atoms with Gasteiger partial charge in [-0.2, -0.15) is 4.31 Å². The van der Waals surface area contributed by atoms with Gasteiger partial charge in [0.25, 0.3) is 0 Å². The van der Waals surface area contributed by atoms with Crippen LogP contribution in [0.2, 0.25) is 0 Å². The number of benzene rings is 1. The molecule has 9 heteroatoms. The van der Waals surface area contributed by atoms with Crippen molar-refractivity contribution < 1.29 is 21.6 Å². The van der Waals surface area contributed by atoms with Crippen LogP contribution in [-0.4, -0.2) is 58.2 Å². The number of rotatable bonds is 7. The fraction of sp³-hybridized carbons (Fsp3) is 0.611. The fourth-order valence-corrected chi connectivity index (χ4v) is 5.58. The molecule has 1 N–H and O–H groups in total. The van der Waals surface area contributed by atoms with Crippen LogP contribution in [0.4, 0.5) is 0 Å². The molecule has 0 saturated carbocycles. The summed E-state index contributed by atoms with van der Waals surface area (Å²) in [7, 11) is -6.69. The maximum absolute atomic E-state index is 12.9. The number of nitrogens with zero attached hydrogens (tertiary/aromatic N) is 1. The van der Waals surface area contributed by atoms with E-state index >= 15 is 0 Å². The van der Waals surface area contributed by atoms with Gasteiger partial charge in [0.05, 0.1) is 10.6 Å². The van der Waals surface area contributed by atoms with E-state index in [-0.39, 0.29) is 43.0 Å². The van der Waals surface area contributed by atoms with Gasteiger partial charge in [-0.05, 0) is 38.3 Å². The summed E-state index contributed by atoms with van der Waals surface area (Å²) >= 11 is 0. The monoisotopic (exact) mass is 416 g/mol. The molecule has 1 amide bonds. The summed E-state index contributed by atoms with van der Waals surface area (Å²) in [5.41, 5.74) is 1.72. The van der Waals surface area contributed by atoms with E-state index in [1.165, 1.54) is 4.31 Å². The second-order valence-electron chi connectivity index (χ2n) is 6.97. The predicted octanol–water partition coefficient (Wildman–Crippen LogP) is 1.26. The Bertz CT molecular complexity index is 886. The number of sulfone groups is 1. The van der Waals surface area contributed by atoms with E-state index in [1.54, 1.807) is 26.0 Å². The first-order chi connectivity index (χ1) is 12.6. The molecule has 27 heavy (non-hydrogen) atoms. The fourth-order valence-electron chi connectivity index (χ4n) is 3.20. The summed E-state index contributed by atoms with van der Waals surface area (Å²) in [6, 6.07) is 5.26. The molecule has 152 valence electrons. The lowest BCUT2D eigenvalue weighted by atomic mass is 9.97. The van der Waals surface area contributed by atoms with Gasteiger partial charge in [-0.15, -0.1) is 0 Å². The molecule has 1 aliphatic heterocycles. The Balaban J connectivity index is 1.93. The lowest BCUT2D eigenvalue weighted by molar-refractivity contribution is -0.125. The summed E-state index contributed by atoms with van der Waals surface area (Å²) < 4.78 is 50.1. The summed E-state index contributed by atoms with van der Waals surface area (Å²) in [4.78, 5) is 12.5. The van der Waals surface area contributed by atoms with Gasteiger partial charge in [0.15, 0.2) is 9.84 Å². The van der Waals surface area contributed by atoms with Crippen molar-refractivity contribution in [2.75, 3.05) is 31.1 Å². The minimum atomic E-state index is -3.58. The summed E-state index contributed by atoms with van der Waals surface area (Å²) in [6.07, 6.45) is 0.854. The number of nitrogens with one attached hydrogen (secondary N) is 1. The smallest absolute Gasteiger partial charge is 0.243 e. The average molecular weight is 417 g/mol. The summed E-state index contributed by atoms with van der Waals surface area (Å²) in [6.45, 7) is 5.92. The van der Waals surface area contributed by atoms with Crippen LogP contribution < -0.4 is 5.32 Å². The van der Waals surface area contributed by atoms with E-state index in [9.17, 15) is 21.6 Å². The molecule has 1 aliphatic rings. The molecule has 0 radical (unpaired) electrons. The van der Waals surface area contributed by atoms with Crippen LogP contribution in [0.1, 0.15) is 30.9 Å². The van der Waals surface area contributed by atoms with E-state index < -0.39 is 19.9 Å². The Morgan fingerprint density at radius 1 is 1.15 bits per heavy atom. The van der Waals surface area contributed by atoms with Crippen molar-refractivity contribution in [1.29, 1.82) is 0 Å². The molecule has 0 unspecified atom stereocenters. The highest BCUT2D eigenvalue weighted by Crippen LogP contribution is 2.26. The van der Waals surface area contributed by atoms with E-state index in [2.05, 4.69) is 5.32 Å². The molecule has 1 aromatic rings. The van der Waals surface area contributed by atoms with Gasteiger partial charge in [-0.3, -0.25) is 4.79 Å². The van der Waals surface area contributed by atoms with Crippen molar-refractivity contribution >= 4 is 25.8 Å². The van der Waals surface area contributed by atoms with Crippen molar-refractivity contribution in [2.24, 2.45) is 5.92 Å². The number of piperidine rings is 1. The lowest BCUT2D eigenvalue weighted by Gasteiger charge is -2.31. The topological polar surface area (TPSA) is 101 Å². The van der Waals surface area contributed by atoms with Crippen LogP contribution in [0.5, 0.6) is 0 Å². The second-order valence-corrected chi connectivity index (χ2v) is 11.4. The zero-order chi connectivity index (χ0) is 20.2. The molecule has 0 spiro atoms. The second kappa shape index (κ2) is 8.70. The van der Waals surface area contributed by atoms with Crippen LogP contribution in [0, 0.1) is 19.8 Å². The van der Waals surface area contributed by atoms with Gasteiger partial charge < -0.3 is 5.32 Å². The Kier molecular flexibility index (Phi) is 7.04. The number of hydrogen-bond acceptors (Lipinski definition) is 5. The van der Waals surface area contributed by atoms with E-state index in [4.69, 9.17) is 0 Å². The molecule has 7 nitrogen and oxygen atoms in total. The van der Waals surface area contributed by atoms with Crippen molar-refractivity contribution in [3.05, 3.63) is 29.3 Å². The molecule has 0 bridgehead atoms. The third kappa shape index (κ3) is 5.52. The summed E-state index contributed by atoms with van der Waals surface area (Å²) in [5, 5.41) is 2.66. The van der Waals surface area contributed by atoms with Gasteiger partial charge >= 0.3 is 0 Å². The molecular formula is C18H28N2O5S2. The van der Waals surface area contributed by atoms with Crippen molar-refractivity contribution in [3.8, 4) is 0 Å². The standard InChI is InChI=1S/C18H28N2O5S2/c1-4-26(22,23)12-9-19-18(21)16-7-10-20(11-8-16)27(24,25)17-6-5-14(2)13-15(17)3/h5-6,13,16H,4,7-12H2,1-3H3,(H,19,21). The van der Waals surface area contributed by atoms with Crippen LogP contribution in [0.15, 0.2) is 23.1 Å². The first-order valence-corrected chi connectivity index (χ1v) is 12.4. The van der Waals surface area contributed by atoms with Gasteiger partial charge in [0, 0.05) is 31.3 Å². The highest BCUT2D eigenvalue weighted by atomic mass is 32.2. The van der Waals surface area contributed by atoms with Crippen LogP contribution in [0.3, 0.4) is 0 Å². The molecule has 0 atom stereocenters. The van der Waals surface area contributed by atoms with Gasteiger partial charge in [0.1, 0.15) is 0 Å². The highest BCUT2D eigenvalue weighted by molar-refractivity contribution is 7.91. The molecule has 1 aromatic carbocycles. The number of aryl methyl sites for hydroxylation is 2. The Morgan fingerprint density at radius 3 is 2.33 bits per heavy atom. The molecule has 0 aromatic heterocycles. The maximum Gasteiger partial charge on any atom is 0.243 e. The van der Waals surface area contributed by atoms with Crippen LogP contribution in [0.25, 0.3) is 0 Å². The molecular weight excluding hydrogens is 388 g/mol. The number of carbonyl (C=O) groups is 1. The number of carbonyl (C=O) groups excluding carboxylic acids is 1. The van der Waals surface area contributed by atoms with Crippen molar-refractivity contribution in [3.63, 3.8) is 0 Å². The molecule has 0 aliphatic carbocycles. The largest absolute Gasteiger partial charge is 0.355 e. The number of amides is 1. The lowest BCUT2D eigenvalue weighted by Crippen LogP contribution is -2.43. The van der Waals surface area contributed by atoms with E-state index in [1.807, 2.05) is 13.0 Å². The average Bonchev–Trinajstić information content (AvgIpc) is 2.61. The SMILES string of the molecule is CCS(=O)(=O)CCNC(=O)C1CCN(S(=O)(=O)c2ccc(C)cc2C)CC1. The number of sulfonamides is 1. The first-order valence-electron chi connectivity index (χ1n) is 9.12. The van der Waals surface area contributed by atoms with E-state index in [0.717, 1.165) is 5.56 Å². The van der Waals surface area contributed by atoms with Gasteiger partial charge in [-0.1, -0.05) is 24.6 Å². The zero-order valence-electron chi connectivity index (χ0n) is 16.1. The predicted molar refractivity (Wildman–Crippen MR) is 105 cm³/mol.